The number of amides is 1. The highest BCUT2D eigenvalue weighted by Crippen LogP contribution is 2.28. The zero-order valence-corrected chi connectivity index (χ0v) is 16.7. The third-order valence-electron chi connectivity index (χ3n) is 4.25. The van der Waals surface area contributed by atoms with E-state index in [1.165, 1.54) is 18.2 Å². The van der Waals surface area contributed by atoms with Crippen LogP contribution in [0.4, 0.5) is 4.39 Å². The van der Waals surface area contributed by atoms with Gasteiger partial charge in [-0.3, -0.25) is 4.79 Å². The van der Waals surface area contributed by atoms with Crippen molar-refractivity contribution in [2.75, 3.05) is 14.2 Å². The van der Waals surface area contributed by atoms with Crippen molar-refractivity contribution in [2.24, 2.45) is 0 Å². The minimum Gasteiger partial charge on any atom is -0.493 e. The number of carbonyl (C=O) groups excluding carboxylic acids is 1. The van der Waals surface area contributed by atoms with Crippen LogP contribution in [0, 0.1) is 5.82 Å². The van der Waals surface area contributed by atoms with Crippen LogP contribution in [0.3, 0.4) is 0 Å². The smallest absolute Gasteiger partial charge is 0.244 e. The van der Waals surface area contributed by atoms with Crippen LogP contribution in [0.25, 0.3) is 6.08 Å². The lowest BCUT2D eigenvalue weighted by Gasteiger charge is -2.08. The highest BCUT2D eigenvalue weighted by Gasteiger charge is 2.04. The summed E-state index contributed by atoms with van der Waals surface area (Å²) in [6, 6.07) is 18.5. The molecule has 0 fully saturated rings. The third kappa shape index (κ3) is 5.85. The molecule has 0 radical (unpaired) electrons. The van der Waals surface area contributed by atoms with E-state index in [1.54, 1.807) is 50.6 Å². The molecule has 154 valence electrons. The second-order valence-corrected chi connectivity index (χ2v) is 6.37. The van der Waals surface area contributed by atoms with E-state index >= 15 is 0 Å². The molecule has 30 heavy (non-hydrogen) atoms. The molecule has 0 spiro atoms. The lowest BCUT2D eigenvalue weighted by atomic mass is 10.2. The Morgan fingerprint density at radius 2 is 1.70 bits per heavy atom. The maximum atomic E-state index is 13.0. The molecule has 0 bridgehead atoms. The lowest BCUT2D eigenvalue weighted by molar-refractivity contribution is -0.116. The monoisotopic (exact) mass is 407 g/mol. The molecule has 5 nitrogen and oxygen atoms in total. The maximum Gasteiger partial charge on any atom is 0.244 e. The van der Waals surface area contributed by atoms with Crippen LogP contribution < -0.4 is 19.5 Å². The average Bonchev–Trinajstić information content (AvgIpc) is 2.78. The van der Waals surface area contributed by atoms with Crippen LogP contribution in [0.5, 0.6) is 23.0 Å². The molecule has 0 saturated carbocycles. The van der Waals surface area contributed by atoms with Crippen molar-refractivity contribution < 1.29 is 23.4 Å². The van der Waals surface area contributed by atoms with E-state index < -0.39 is 0 Å². The fourth-order valence-electron chi connectivity index (χ4n) is 2.73. The second-order valence-electron chi connectivity index (χ2n) is 6.37. The number of rotatable bonds is 8. The fourth-order valence-corrected chi connectivity index (χ4v) is 2.73. The Bertz CT molecular complexity index is 1030. The molecule has 0 atom stereocenters. The number of hydrogen-bond donors (Lipinski definition) is 1. The molecule has 0 unspecified atom stereocenters. The Labute approximate surface area is 174 Å². The largest absolute Gasteiger partial charge is 0.493 e. The van der Waals surface area contributed by atoms with Crippen LogP contribution >= 0.6 is 0 Å². The molecule has 3 aromatic carbocycles. The number of benzene rings is 3. The fraction of sp³-hybridized carbons (Fsp3) is 0.125. The number of ether oxygens (including phenoxy) is 3. The molecular weight excluding hydrogens is 385 g/mol. The molecular formula is C24H22FNO4. The highest BCUT2D eigenvalue weighted by molar-refractivity contribution is 5.91. The van der Waals surface area contributed by atoms with Crippen molar-refractivity contribution in [2.45, 2.75) is 6.54 Å². The molecule has 1 amide bonds. The lowest BCUT2D eigenvalue weighted by Crippen LogP contribution is -2.20. The minimum absolute atomic E-state index is 0.227. The number of halogens is 1. The Kier molecular flexibility index (Phi) is 7.05. The zero-order valence-electron chi connectivity index (χ0n) is 16.7. The normalized spacial score (nSPS) is 10.6. The van der Waals surface area contributed by atoms with Gasteiger partial charge >= 0.3 is 0 Å². The summed E-state index contributed by atoms with van der Waals surface area (Å²) >= 11 is 0. The van der Waals surface area contributed by atoms with Crippen LogP contribution in [-0.2, 0) is 11.3 Å². The number of methoxy groups -OCH3 is 2. The molecule has 0 heterocycles. The zero-order chi connectivity index (χ0) is 21.3. The molecule has 0 saturated heterocycles. The van der Waals surface area contributed by atoms with E-state index in [2.05, 4.69) is 5.32 Å². The van der Waals surface area contributed by atoms with Gasteiger partial charge in [-0.1, -0.05) is 18.2 Å². The minimum atomic E-state index is -0.319. The first-order chi connectivity index (χ1) is 14.6. The molecule has 0 aliphatic heterocycles. The van der Waals surface area contributed by atoms with Crippen molar-refractivity contribution in [3.05, 3.63) is 89.8 Å². The van der Waals surface area contributed by atoms with Crippen molar-refractivity contribution >= 4 is 12.0 Å². The summed E-state index contributed by atoms with van der Waals surface area (Å²) < 4.78 is 29.2. The van der Waals surface area contributed by atoms with Crippen LogP contribution in [-0.4, -0.2) is 20.1 Å². The molecule has 0 aliphatic carbocycles. The number of carbonyl (C=O) groups is 1. The van der Waals surface area contributed by atoms with Crippen molar-refractivity contribution in [3.63, 3.8) is 0 Å². The van der Waals surface area contributed by atoms with Crippen molar-refractivity contribution in [1.29, 1.82) is 0 Å². The molecule has 3 rings (SSSR count). The van der Waals surface area contributed by atoms with Crippen LogP contribution in [0.1, 0.15) is 11.1 Å². The van der Waals surface area contributed by atoms with E-state index in [9.17, 15) is 9.18 Å². The van der Waals surface area contributed by atoms with Gasteiger partial charge in [-0.15, -0.1) is 0 Å². The quantitative estimate of drug-likeness (QED) is 0.536. The van der Waals surface area contributed by atoms with Crippen LogP contribution in [0.15, 0.2) is 72.8 Å². The standard InChI is InChI=1S/C24H22FNO4/c1-28-22-12-6-17(15-23(22)29-2)7-13-24(27)26-16-18-4-3-5-21(14-18)30-20-10-8-19(25)9-11-20/h3-15H,16H2,1-2H3,(H,26,27)/b13-7+. The van der Waals surface area contributed by atoms with Gasteiger partial charge in [-0.2, -0.15) is 0 Å². The SMILES string of the molecule is COc1ccc(/C=C/C(=O)NCc2cccc(Oc3ccc(F)cc3)c2)cc1OC. The first kappa shape index (κ1) is 20.9. The summed E-state index contributed by atoms with van der Waals surface area (Å²) in [5.74, 6) is 1.82. The predicted molar refractivity (Wildman–Crippen MR) is 113 cm³/mol. The summed E-state index contributed by atoms with van der Waals surface area (Å²) in [4.78, 5) is 12.2. The second kappa shape index (κ2) is 10.1. The summed E-state index contributed by atoms with van der Waals surface area (Å²) in [6.45, 7) is 0.343. The van der Waals surface area contributed by atoms with E-state index in [-0.39, 0.29) is 11.7 Å². The average molecular weight is 407 g/mol. The van der Waals surface area contributed by atoms with Gasteiger partial charge in [0, 0.05) is 12.6 Å². The van der Waals surface area contributed by atoms with Gasteiger partial charge in [0.15, 0.2) is 11.5 Å². The van der Waals surface area contributed by atoms with Gasteiger partial charge in [0.2, 0.25) is 5.91 Å². The molecule has 0 aliphatic rings. The van der Waals surface area contributed by atoms with E-state index in [4.69, 9.17) is 14.2 Å². The van der Waals surface area contributed by atoms with Crippen molar-refractivity contribution in [1.82, 2.24) is 5.32 Å². The van der Waals surface area contributed by atoms with E-state index in [0.29, 0.717) is 29.5 Å². The van der Waals surface area contributed by atoms with Gasteiger partial charge in [-0.05, 0) is 65.7 Å². The molecule has 0 aromatic heterocycles. The predicted octanol–water partition coefficient (Wildman–Crippen LogP) is 4.96. The van der Waals surface area contributed by atoms with E-state index in [1.807, 2.05) is 24.3 Å². The molecule has 6 heteroatoms. The summed E-state index contributed by atoms with van der Waals surface area (Å²) in [5.41, 5.74) is 1.69. The Morgan fingerprint density at radius 1 is 0.933 bits per heavy atom. The first-order valence-corrected chi connectivity index (χ1v) is 9.27. The van der Waals surface area contributed by atoms with Crippen LogP contribution in [0.2, 0.25) is 0 Å². The van der Waals surface area contributed by atoms with Crippen molar-refractivity contribution in [3.8, 4) is 23.0 Å². The maximum absolute atomic E-state index is 13.0. The Balaban J connectivity index is 1.57. The highest BCUT2D eigenvalue weighted by atomic mass is 19.1. The number of hydrogen-bond acceptors (Lipinski definition) is 4. The van der Waals surface area contributed by atoms with Gasteiger partial charge in [0.1, 0.15) is 17.3 Å². The number of nitrogens with one attached hydrogen (secondary N) is 1. The van der Waals surface area contributed by atoms with Gasteiger partial charge in [0.05, 0.1) is 14.2 Å². The third-order valence-corrected chi connectivity index (χ3v) is 4.25. The first-order valence-electron chi connectivity index (χ1n) is 9.27. The summed E-state index contributed by atoms with van der Waals surface area (Å²) in [7, 11) is 3.13. The molecule has 3 aromatic rings. The van der Waals surface area contributed by atoms with Gasteiger partial charge < -0.3 is 19.5 Å². The van der Waals surface area contributed by atoms with Gasteiger partial charge in [-0.25, -0.2) is 4.39 Å². The Hall–Kier alpha value is -3.80. The summed E-state index contributed by atoms with van der Waals surface area (Å²) in [6.07, 6.45) is 3.16. The Morgan fingerprint density at radius 3 is 2.43 bits per heavy atom. The van der Waals surface area contributed by atoms with Gasteiger partial charge in [0.25, 0.3) is 0 Å². The topological polar surface area (TPSA) is 56.8 Å². The summed E-state index contributed by atoms with van der Waals surface area (Å²) in [5, 5.41) is 2.83. The van der Waals surface area contributed by atoms with E-state index in [0.717, 1.165) is 11.1 Å². The molecule has 1 N–H and O–H groups in total.